The van der Waals surface area contributed by atoms with Crippen molar-refractivity contribution in [3.63, 3.8) is 0 Å². The topological polar surface area (TPSA) is 40.3 Å². The predicted molar refractivity (Wildman–Crippen MR) is 73.5 cm³/mol. The zero-order chi connectivity index (χ0) is 12.7. The Kier molecular flexibility index (Phi) is 4.15. The fraction of sp³-hybridized carbons (Fsp3) is 0.143. The molecule has 1 heterocycles. The molecule has 1 N–H and O–H groups in total. The van der Waals surface area contributed by atoms with Crippen LogP contribution >= 0.6 is 11.8 Å². The van der Waals surface area contributed by atoms with Crippen LogP contribution in [0.4, 0.5) is 5.69 Å². The van der Waals surface area contributed by atoms with Crippen molar-refractivity contribution < 1.29 is 38.5 Å². The highest BCUT2D eigenvalue weighted by Crippen LogP contribution is 2.31. The van der Waals surface area contributed by atoms with Gasteiger partial charge in [-0.25, -0.2) is 4.79 Å². The van der Waals surface area contributed by atoms with Crippen LogP contribution in [0.2, 0.25) is 0 Å². The van der Waals surface area contributed by atoms with Crippen LogP contribution in [0.3, 0.4) is 0 Å². The molecule has 0 unspecified atom stereocenters. The zero-order valence-electron chi connectivity index (χ0n) is 10.5. The molecule has 0 radical (unpaired) electrons. The van der Waals surface area contributed by atoms with Gasteiger partial charge in [-0.3, -0.25) is 0 Å². The summed E-state index contributed by atoms with van der Waals surface area (Å²) in [6.07, 6.45) is 2.04. The lowest BCUT2D eigenvalue weighted by Crippen LogP contribution is -3.00. The number of benzene rings is 2. The fourth-order valence-corrected chi connectivity index (χ4v) is 2.94. The van der Waals surface area contributed by atoms with E-state index in [1.165, 1.54) is 7.11 Å². The summed E-state index contributed by atoms with van der Waals surface area (Å²) in [5.41, 5.74) is 2.82. The smallest absolute Gasteiger partial charge is 0.338 e. The normalized spacial score (nSPS) is 12.0. The third-order valence-electron chi connectivity index (χ3n) is 3.14. The minimum Gasteiger partial charge on any atom is -1.00 e. The lowest BCUT2D eigenvalue weighted by molar-refractivity contribution is -0.344. The molecular weight excluding hydrogens is 373 g/mol. The molecule has 0 atom stereocenters. The van der Waals surface area contributed by atoms with Crippen molar-refractivity contribution in [1.29, 1.82) is 0 Å². The first kappa shape index (κ1) is 14.3. The van der Waals surface area contributed by atoms with Crippen LogP contribution in [-0.2, 0) is 4.74 Å². The zero-order valence-corrected chi connectivity index (χ0v) is 13.5. The van der Waals surface area contributed by atoms with E-state index in [0.717, 1.165) is 27.1 Å². The maximum Gasteiger partial charge on any atom is 0.338 e. The third-order valence-corrected chi connectivity index (χ3v) is 3.87. The third kappa shape index (κ3) is 2.14. The Balaban J connectivity index is 0.00000133. The Morgan fingerprint density at radius 3 is 2.74 bits per heavy atom. The number of ether oxygens (including phenoxy) is 1. The molecule has 2 aromatic carbocycles. The number of hydrogen-bond acceptors (Lipinski definition) is 3. The molecule has 3 nitrogen and oxygen atoms in total. The summed E-state index contributed by atoms with van der Waals surface area (Å²) in [5, 5.41) is 3.16. The average Bonchev–Trinajstić information content (AvgIpc) is 2.78. The maximum atomic E-state index is 11.8. The summed E-state index contributed by atoms with van der Waals surface area (Å²) >= 11 is 1.67. The van der Waals surface area contributed by atoms with Crippen LogP contribution < -0.4 is 29.0 Å². The molecule has 2 aromatic rings. The number of rotatable bonds is 1. The fourth-order valence-electron chi connectivity index (χ4n) is 2.34. The number of thioether (sulfide) groups is 1. The number of methoxy groups -OCH3 is 1. The first-order valence-corrected chi connectivity index (χ1v) is 6.81. The summed E-state index contributed by atoms with van der Waals surface area (Å²) in [4.78, 5) is 15.1. The number of nitrogens with one attached hydrogen (secondary N) is 1. The minimum atomic E-state index is -0.295. The molecule has 0 aliphatic carbocycles. The van der Waals surface area contributed by atoms with Gasteiger partial charge in [-0.15, -0.1) is 0 Å². The molecule has 98 valence electrons. The number of carbonyl (C=O) groups is 1. The molecule has 19 heavy (non-hydrogen) atoms. The summed E-state index contributed by atoms with van der Waals surface area (Å²) in [7, 11) is 1.41. The van der Waals surface area contributed by atoms with Gasteiger partial charge in [0.15, 0.2) is 0 Å². The lowest BCUT2D eigenvalue weighted by Gasteiger charge is -2.04. The van der Waals surface area contributed by atoms with Crippen molar-refractivity contribution in [2.75, 3.05) is 13.4 Å². The van der Waals surface area contributed by atoms with Crippen LogP contribution in [0.5, 0.6) is 0 Å². The second-order valence-corrected chi connectivity index (χ2v) is 4.86. The summed E-state index contributed by atoms with van der Waals surface area (Å²) in [6.45, 7) is 0. The van der Waals surface area contributed by atoms with Crippen molar-refractivity contribution in [1.82, 2.24) is 0 Å². The molecule has 0 saturated carbocycles. The molecule has 0 amide bonds. The highest BCUT2D eigenvalue weighted by atomic mass is 127. The first-order chi connectivity index (χ1) is 8.76. The Bertz CT molecular complexity index is 697. The van der Waals surface area contributed by atoms with E-state index in [4.69, 9.17) is 4.74 Å². The Morgan fingerprint density at radius 2 is 2.05 bits per heavy atom. The van der Waals surface area contributed by atoms with Crippen LogP contribution in [0.1, 0.15) is 15.9 Å². The largest absolute Gasteiger partial charge is 1.00 e. The van der Waals surface area contributed by atoms with Gasteiger partial charge in [-0.2, -0.15) is 4.99 Å². The van der Waals surface area contributed by atoms with E-state index in [0.29, 0.717) is 5.56 Å². The van der Waals surface area contributed by atoms with Crippen LogP contribution in [0, 0.1) is 0 Å². The van der Waals surface area contributed by atoms with Crippen LogP contribution in [0.15, 0.2) is 30.3 Å². The van der Waals surface area contributed by atoms with Gasteiger partial charge >= 0.3 is 5.97 Å². The highest BCUT2D eigenvalue weighted by molar-refractivity contribution is 8.13. The van der Waals surface area contributed by atoms with Crippen LogP contribution in [0.25, 0.3) is 10.8 Å². The van der Waals surface area contributed by atoms with Gasteiger partial charge in [0.25, 0.3) is 0 Å². The SMILES string of the molecule is COC(=O)c1ccc2c3c(cccc13)[NH+]=C2SC.[I-]. The van der Waals surface area contributed by atoms with Gasteiger partial charge in [-0.05, 0) is 18.4 Å². The van der Waals surface area contributed by atoms with E-state index >= 15 is 0 Å². The maximum absolute atomic E-state index is 11.8. The summed E-state index contributed by atoms with van der Waals surface area (Å²) in [5.74, 6) is -0.295. The second kappa shape index (κ2) is 5.50. The van der Waals surface area contributed by atoms with Gasteiger partial charge in [0.1, 0.15) is 0 Å². The molecule has 3 rings (SSSR count). The monoisotopic (exact) mass is 385 g/mol. The summed E-state index contributed by atoms with van der Waals surface area (Å²) in [6, 6.07) is 9.74. The van der Waals surface area contributed by atoms with E-state index in [2.05, 4.69) is 4.99 Å². The second-order valence-electron chi connectivity index (χ2n) is 4.04. The Labute approximate surface area is 132 Å². The number of hydrogen-bond donors (Lipinski definition) is 1. The van der Waals surface area contributed by atoms with Crippen molar-refractivity contribution >= 4 is 39.2 Å². The predicted octanol–water partition coefficient (Wildman–Crippen LogP) is -1.53. The van der Waals surface area contributed by atoms with E-state index in [1.807, 2.05) is 36.6 Å². The standard InChI is InChI=1S/C14H11NO2S.HI/c1-17-14(16)9-6-7-10-12-8(9)4-3-5-11(12)15-13(10)18-2;/h3-7H,1-2H3;1H. The van der Waals surface area contributed by atoms with Gasteiger partial charge in [0.2, 0.25) is 10.7 Å². The Hall–Kier alpha value is -1.08. The molecule has 0 spiro atoms. The van der Waals surface area contributed by atoms with Crippen molar-refractivity contribution in [3.05, 3.63) is 41.5 Å². The van der Waals surface area contributed by atoms with Gasteiger partial charge in [-0.1, -0.05) is 23.9 Å². The van der Waals surface area contributed by atoms with E-state index < -0.39 is 0 Å². The number of halogens is 1. The van der Waals surface area contributed by atoms with Crippen molar-refractivity contribution in [2.45, 2.75) is 0 Å². The average molecular weight is 385 g/mol. The van der Waals surface area contributed by atoms with Crippen LogP contribution in [-0.4, -0.2) is 24.4 Å². The molecular formula is C14H12INO2S. The minimum absolute atomic E-state index is 0. The number of esters is 1. The molecule has 1 aliphatic rings. The molecule has 0 aromatic heterocycles. The van der Waals surface area contributed by atoms with Gasteiger partial charge in [0, 0.05) is 11.5 Å². The molecule has 0 saturated heterocycles. The Morgan fingerprint density at radius 1 is 1.26 bits per heavy atom. The quantitative estimate of drug-likeness (QED) is 0.478. The van der Waals surface area contributed by atoms with E-state index in [1.54, 1.807) is 11.8 Å². The molecule has 5 heteroatoms. The van der Waals surface area contributed by atoms with Gasteiger partial charge in [0.05, 0.1) is 23.6 Å². The molecule has 0 fully saturated rings. The van der Waals surface area contributed by atoms with E-state index in [9.17, 15) is 4.79 Å². The van der Waals surface area contributed by atoms with Crippen molar-refractivity contribution in [3.8, 4) is 0 Å². The van der Waals surface area contributed by atoms with Crippen molar-refractivity contribution in [2.24, 2.45) is 0 Å². The lowest BCUT2D eigenvalue weighted by atomic mass is 10.00. The highest BCUT2D eigenvalue weighted by Gasteiger charge is 2.26. The summed E-state index contributed by atoms with van der Waals surface area (Å²) < 4.78 is 4.83. The number of carbonyl (C=O) groups excluding carboxylic acids is 1. The molecule has 1 aliphatic heterocycles. The molecule has 0 bridgehead atoms. The van der Waals surface area contributed by atoms with Gasteiger partial charge < -0.3 is 28.7 Å². The first-order valence-electron chi connectivity index (χ1n) is 5.58. The van der Waals surface area contributed by atoms with E-state index in [-0.39, 0.29) is 29.9 Å².